The quantitative estimate of drug-likeness (QED) is 0.269. The number of rotatable bonds is 0. The van der Waals surface area contributed by atoms with Crippen LogP contribution in [0.3, 0.4) is 0 Å². The molecule has 1 fully saturated rings. The van der Waals surface area contributed by atoms with Gasteiger partial charge < -0.3 is 0 Å². The highest BCUT2D eigenvalue weighted by Gasteiger charge is 2.20. The SMILES string of the molecule is C=C.O=C1CC(=O)N1. The van der Waals surface area contributed by atoms with Crippen LogP contribution in [0.1, 0.15) is 6.42 Å². The lowest BCUT2D eigenvalue weighted by Gasteiger charge is -2.08. The maximum absolute atomic E-state index is 9.78. The second-order valence-corrected chi connectivity index (χ2v) is 1.15. The largest absolute Gasteiger partial charge is 0.296 e. The normalized spacial score (nSPS) is 15.0. The molecular weight excluding hydrogens is 106 g/mol. The van der Waals surface area contributed by atoms with Crippen LogP contribution in [0.2, 0.25) is 0 Å². The average Bonchev–Trinajstić information content (AvgIpc) is 1.70. The van der Waals surface area contributed by atoms with Crippen molar-refractivity contribution >= 4 is 11.8 Å². The molecule has 0 saturated carbocycles. The Bertz CT molecular complexity index is 97.6. The fourth-order valence-corrected chi connectivity index (χ4v) is 0.283. The number of amides is 2. The summed E-state index contributed by atoms with van der Waals surface area (Å²) in [4.78, 5) is 19.6. The zero-order valence-electron chi connectivity index (χ0n) is 4.44. The lowest BCUT2D eigenvalue weighted by Crippen LogP contribution is -2.43. The van der Waals surface area contributed by atoms with Gasteiger partial charge in [0.1, 0.15) is 6.42 Å². The third-order valence-electron chi connectivity index (χ3n) is 0.600. The van der Waals surface area contributed by atoms with Gasteiger partial charge in [-0.25, -0.2) is 0 Å². The van der Waals surface area contributed by atoms with Crippen molar-refractivity contribution in [2.45, 2.75) is 6.42 Å². The Morgan fingerprint density at radius 1 is 1.25 bits per heavy atom. The molecule has 1 heterocycles. The predicted molar refractivity (Wildman–Crippen MR) is 29.0 cm³/mol. The van der Waals surface area contributed by atoms with Gasteiger partial charge in [-0.1, -0.05) is 0 Å². The van der Waals surface area contributed by atoms with Gasteiger partial charge in [-0.2, -0.15) is 0 Å². The van der Waals surface area contributed by atoms with E-state index in [1.54, 1.807) is 0 Å². The molecule has 0 atom stereocenters. The van der Waals surface area contributed by atoms with E-state index in [0.717, 1.165) is 0 Å². The van der Waals surface area contributed by atoms with Crippen molar-refractivity contribution in [1.29, 1.82) is 0 Å². The molecule has 8 heavy (non-hydrogen) atoms. The molecular formula is C5H7NO2. The van der Waals surface area contributed by atoms with Crippen LogP contribution in [0.25, 0.3) is 0 Å². The van der Waals surface area contributed by atoms with Gasteiger partial charge in [0.15, 0.2) is 0 Å². The lowest BCUT2D eigenvalue weighted by molar-refractivity contribution is -0.140. The Kier molecular flexibility index (Phi) is 2.54. The summed E-state index contributed by atoms with van der Waals surface area (Å²) in [6.45, 7) is 6.00. The molecule has 0 radical (unpaired) electrons. The number of imide groups is 1. The number of β-lactam (4-membered cyclic amide) rings is 2. The number of hydrogen-bond donors (Lipinski definition) is 1. The number of carbonyl (C=O) groups excluding carboxylic acids is 2. The van der Waals surface area contributed by atoms with E-state index < -0.39 is 0 Å². The first-order valence-corrected chi connectivity index (χ1v) is 2.12. The first kappa shape index (κ1) is 6.88. The standard InChI is InChI=1S/C3H3NO2.C2H4/c5-2-1-3(6)4-2;1-2/h1H2,(H,4,5,6);1-2H2. The summed E-state index contributed by atoms with van der Waals surface area (Å²) in [7, 11) is 0. The highest BCUT2D eigenvalue weighted by Crippen LogP contribution is 1.89. The molecule has 1 saturated heterocycles. The number of carbonyl (C=O) groups is 2. The molecule has 3 heteroatoms. The molecule has 1 aliphatic heterocycles. The summed E-state index contributed by atoms with van der Waals surface area (Å²) in [6, 6.07) is 0. The van der Waals surface area contributed by atoms with E-state index in [2.05, 4.69) is 13.2 Å². The van der Waals surface area contributed by atoms with Crippen molar-refractivity contribution in [3.8, 4) is 0 Å². The number of hydrogen-bond acceptors (Lipinski definition) is 2. The molecule has 44 valence electrons. The third kappa shape index (κ3) is 1.55. The maximum atomic E-state index is 9.78. The summed E-state index contributed by atoms with van der Waals surface area (Å²) in [6.07, 6.45) is 0.0833. The van der Waals surface area contributed by atoms with Gasteiger partial charge in [-0.3, -0.25) is 14.9 Å². The molecule has 3 nitrogen and oxygen atoms in total. The molecule has 0 bridgehead atoms. The van der Waals surface area contributed by atoms with E-state index in [1.165, 1.54) is 0 Å². The topological polar surface area (TPSA) is 46.2 Å². The summed E-state index contributed by atoms with van der Waals surface area (Å²) in [5, 5.41) is 2.03. The Labute approximate surface area is 47.4 Å². The van der Waals surface area contributed by atoms with Crippen LogP contribution in [0.4, 0.5) is 0 Å². The minimum Gasteiger partial charge on any atom is -0.296 e. The molecule has 1 rings (SSSR count). The predicted octanol–water partition coefficient (Wildman–Crippen LogP) is -0.165. The van der Waals surface area contributed by atoms with Crippen molar-refractivity contribution in [3.63, 3.8) is 0 Å². The highest BCUT2D eigenvalue weighted by atomic mass is 16.2. The minimum atomic E-state index is -0.167. The maximum Gasteiger partial charge on any atom is 0.236 e. The van der Waals surface area contributed by atoms with Crippen molar-refractivity contribution < 1.29 is 9.59 Å². The van der Waals surface area contributed by atoms with E-state index in [0.29, 0.717) is 0 Å². The fourth-order valence-electron chi connectivity index (χ4n) is 0.283. The molecule has 1 N–H and O–H groups in total. The van der Waals surface area contributed by atoms with Gasteiger partial charge in [0.25, 0.3) is 0 Å². The summed E-state index contributed by atoms with van der Waals surface area (Å²) < 4.78 is 0. The van der Waals surface area contributed by atoms with E-state index in [4.69, 9.17) is 0 Å². The molecule has 2 amide bonds. The first-order valence-electron chi connectivity index (χ1n) is 2.12. The summed E-state index contributed by atoms with van der Waals surface area (Å²) in [5.41, 5.74) is 0. The number of nitrogens with one attached hydrogen (secondary N) is 1. The van der Waals surface area contributed by atoms with Crippen LogP contribution in [0, 0.1) is 0 Å². The lowest BCUT2D eigenvalue weighted by atomic mass is 10.3. The Morgan fingerprint density at radius 2 is 1.50 bits per heavy atom. The molecule has 1 aliphatic rings. The Balaban J connectivity index is 0.000000222. The van der Waals surface area contributed by atoms with Gasteiger partial charge in [-0.15, -0.1) is 13.2 Å². The van der Waals surface area contributed by atoms with Gasteiger partial charge in [0.05, 0.1) is 0 Å². The van der Waals surface area contributed by atoms with Crippen molar-refractivity contribution in [1.82, 2.24) is 5.32 Å². The van der Waals surface area contributed by atoms with E-state index in [1.807, 2.05) is 5.32 Å². The van der Waals surface area contributed by atoms with E-state index in [9.17, 15) is 9.59 Å². The van der Waals surface area contributed by atoms with Crippen LogP contribution in [0.5, 0.6) is 0 Å². The van der Waals surface area contributed by atoms with Crippen LogP contribution in [-0.2, 0) is 9.59 Å². The Morgan fingerprint density at radius 3 is 1.50 bits per heavy atom. The van der Waals surface area contributed by atoms with Crippen molar-refractivity contribution in [2.24, 2.45) is 0 Å². The van der Waals surface area contributed by atoms with Gasteiger partial charge in [0, 0.05) is 0 Å². The smallest absolute Gasteiger partial charge is 0.236 e. The van der Waals surface area contributed by atoms with Gasteiger partial charge in [-0.05, 0) is 0 Å². The van der Waals surface area contributed by atoms with Gasteiger partial charge >= 0.3 is 0 Å². The molecule has 0 aromatic heterocycles. The van der Waals surface area contributed by atoms with Crippen LogP contribution < -0.4 is 5.32 Å². The van der Waals surface area contributed by atoms with E-state index >= 15 is 0 Å². The fraction of sp³-hybridized carbons (Fsp3) is 0.200. The van der Waals surface area contributed by atoms with Crippen LogP contribution in [0.15, 0.2) is 13.2 Å². The van der Waals surface area contributed by atoms with Crippen molar-refractivity contribution in [3.05, 3.63) is 13.2 Å². The first-order chi connectivity index (χ1) is 3.79. The summed E-state index contributed by atoms with van der Waals surface area (Å²) in [5.74, 6) is -0.333. The zero-order valence-corrected chi connectivity index (χ0v) is 4.44. The second-order valence-electron chi connectivity index (χ2n) is 1.15. The van der Waals surface area contributed by atoms with Crippen molar-refractivity contribution in [2.75, 3.05) is 0 Å². The molecule has 0 aromatic carbocycles. The van der Waals surface area contributed by atoms with Crippen LogP contribution >= 0.6 is 0 Å². The Hall–Kier alpha value is -1.12. The molecule has 0 aliphatic carbocycles. The highest BCUT2D eigenvalue weighted by molar-refractivity contribution is 6.14. The minimum absolute atomic E-state index is 0.0833. The van der Waals surface area contributed by atoms with Crippen LogP contribution in [-0.4, -0.2) is 11.8 Å². The average molecular weight is 113 g/mol. The molecule has 0 spiro atoms. The summed E-state index contributed by atoms with van der Waals surface area (Å²) >= 11 is 0. The second kappa shape index (κ2) is 2.96. The third-order valence-corrected chi connectivity index (χ3v) is 0.600. The molecule has 0 aromatic rings. The van der Waals surface area contributed by atoms with Gasteiger partial charge in [0.2, 0.25) is 11.8 Å². The zero-order chi connectivity index (χ0) is 6.57. The van der Waals surface area contributed by atoms with E-state index in [-0.39, 0.29) is 18.2 Å². The molecule has 0 unspecified atom stereocenters. The monoisotopic (exact) mass is 113 g/mol.